The monoisotopic (exact) mass is 502 g/mol. The molecule has 0 aliphatic carbocycles. The predicted octanol–water partition coefficient (Wildman–Crippen LogP) is 3.53. The number of hydrogen-bond donors (Lipinski definition) is 1. The van der Waals surface area contributed by atoms with E-state index in [1.54, 1.807) is 13.8 Å². The number of halogens is 2. The second-order valence-electron chi connectivity index (χ2n) is 5.26. The van der Waals surface area contributed by atoms with Crippen molar-refractivity contribution in [2.45, 2.75) is 13.8 Å². The number of nitrogens with two attached hydrogens (primary N) is 1. The Morgan fingerprint density at radius 2 is 1.37 bits per heavy atom. The molecular formula is C20H22ClINO4+. The molecule has 0 unspecified atom stereocenters. The van der Waals surface area contributed by atoms with Crippen LogP contribution in [-0.4, -0.2) is 25.2 Å². The van der Waals surface area contributed by atoms with Crippen LogP contribution < -0.4 is 3.53 Å². The van der Waals surface area contributed by atoms with Gasteiger partial charge in [0, 0.05) is 0 Å². The topological polar surface area (TPSA) is 69.2 Å². The summed E-state index contributed by atoms with van der Waals surface area (Å²) in [6.45, 7) is 3.70. The molecule has 0 atom stereocenters. The van der Waals surface area contributed by atoms with Crippen LogP contribution in [0.15, 0.2) is 66.2 Å². The van der Waals surface area contributed by atoms with Crippen molar-refractivity contribution in [3.8, 4) is 0 Å². The summed E-state index contributed by atoms with van der Waals surface area (Å²) in [7, 11) is 6.72. The van der Waals surface area contributed by atoms with Gasteiger partial charge in [-0.25, -0.2) is 0 Å². The van der Waals surface area contributed by atoms with Gasteiger partial charge in [-0.15, -0.1) is 0 Å². The first-order valence-electron chi connectivity index (χ1n) is 8.47. The molecule has 0 aliphatic heterocycles. The van der Waals surface area contributed by atoms with Crippen LogP contribution in [0.5, 0.6) is 0 Å². The zero-order valence-corrected chi connectivity index (χ0v) is 18.1. The van der Waals surface area contributed by atoms with Crippen molar-refractivity contribution in [3.05, 3.63) is 75.4 Å². The third-order valence-corrected chi connectivity index (χ3v) is 8.20. The summed E-state index contributed by atoms with van der Waals surface area (Å²) in [4.78, 5) is 25.1. The average Bonchev–Trinajstić information content (AvgIpc) is 2.69. The first kappa shape index (κ1) is 21.4. The van der Waals surface area contributed by atoms with Crippen LogP contribution in [-0.2, 0) is 19.1 Å². The number of hydrogen-bond acceptors (Lipinski definition) is 4. The molecule has 0 radical (unpaired) electrons. The van der Waals surface area contributed by atoms with E-state index in [0.29, 0.717) is 11.3 Å². The molecule has 5 nitrogen and oxygen atoms in total. The zero-order chi connectivity index (χ0) is 19.6. The molecule has 0 bridgehead atoms. The molecule has 2 aromatic carbocycles. The van der Waals surface area contributed by atoms with E-state index in [9.17, 15) is 9.59 Å². The van der Waals surface area contributed by atoms with E-state index in [-0.39, 0.29) is 18.8 Å². The van der Waals surface area contributed by atoms with Gasteiger partial charge in [0.25, 0.3) is 0 Å². The number of esters is 2. The van der Waals surface area contributed by atoms with Gasteiger partial charge in [-0.3, -0.25) is 0 Å². The van der Waals surface area contributed by atoms with Gasteiger partial charge >= 0.3 is 171 Å². The molecule has 27 heavy (non-hydrogen) atoms. The summed E-state index contributed by atoms with van der Waals surface area (Å²) in [6, 6.07) is 18.9. The van der Waals surface area contributed by atoms with Crippen molar-refractivity contribution in [1.29, 1.82) is 0 Å². The normalized spacial score (nSPS) is 10.7. The van der Waals surface area contributed by atoms with Crippen molar-refractivity contribution in [2.75, 3.05) is 13.2 Å². The summed E-state index contributed by atoms with van der Waals surface area (Å²) in [5.41, 5.74) is 1.05. The van der Waals surface area contributed by atoms with Crippen LogP contribution in [0.4, 0.5) is 0 Å². The molecule has 2 aromatic rings. The molecule has 0 spiro atoms. The van der Waals surface area contributed by atoms with Crippen LogP contribution in [0.3, 0.4) is 0 Å². The molecule has 0 amide bonds. The molecule has 7 heteroatoms. The quantitative estimate of drug-likeness (QED) is 0.150. The van der Waals surface area contributed by atoms with Crippen molar-refractivity contribution in [1.82, 2.24) is 0 Å². The van der Waals surface area contributed by atoms with Crippen LogP contribution in [0.1, 0.15) is 19.4 Å². The number of carbonyl (C=O) groups excluding carboxylic acids is 2. The Labute approximate surface area is 170 Å². The molecule has 0 saturated heterocycles. The van der Waals surface area contributed by atoms with Gasteiger partial charge < -0.3 is 0 Å². The first-order chi connectivity index (χ1) is 13.1. The molecular weight excluding hydrogens is 481 g/mol. The fourth-order valence-electron chi connectivity index (χ4n) is 2.28. The van der Waals surface area contributed by atoms with Gasteiger partial charge in [0.05, 0.1) is 0 Å². The number of ether oxygens (including phenoxy) is 2. The summed E-state index contributed by atoms with van der Waals surface area (Å²) in [5, 5.41) is 0. The van der Waals surface area contributed by atoms with Gasteiger partial charge in [-0.05, 0) is 0 Å². The fraction of sp³-hybridized carbons (Fsp3) is 0.200. The Bertz CT molecular complexity index is 776. The number of benzene rings is 2. The molecule has 0 heterocycles. The number of rotatable bonds is 8. The van der Waals surface area contributed by atoms with Gasteiger partial charge in [0.1, 0.15) is 0 Å². The summed E-state index contributed by atoms with van der Waals surface area (Å²) in [6.07, 6.45) is 0. The summed E-state index contributed by atoms with van der Waals surface area (Å²) in [5.74, 6) is -1.42. The molecule has 2 rings (SSSR count). The maximum atomic E-state index is 12.6. The van der Waals surface area contributed by atoms with E-state index in [4.69, 9.17) is 18.4 Å². The van der Waals surface area contributed by atoms with Crippen molar-refractivity contribution < 1.29 is 22.6 Å². The van der Waals surface area contributed by atoms with E-state index < -0.39 is 30.9 Å². The second-order valence-corrected chi connectivity index (χ2v) is 10.7. The summed E-state index contributed by atoms with van der Waals surface area (Å²) >= 11 is -2.29. The Balaban J connectivity index is 2.54. The van der Waals surface area contributed by atoms with Crippen molar-refractivity contribution in [2.24, 2.45) is 0 Å². The van der Waals surface area contributed by atoms with E-state index in [1.807, 2.05) is 64.2 Å². The van der Waals surface area contributed by atoms with E-state index in [1.165, 1.54) is 0 Å². The van der Waals surface area contributed by atoms with Gasteiger partial charge in [-0.2, -0.15) is 0 Å². The number of carbonyl (C=O) groups is 2. The average molecular weight is 503 g/mol. The molecule has 0 aromatic heterocycles. The first-order valence-corrected chi connectivity index (χ1v) is 13.5. The Morgan fingerprint density at radius 1 is 0.889 bits per heavy atom. The Morgan fingerprint density at radius 3 is 1.85 bits per heavy atom. The Kier molecular flexibility index (Phi) is 8.77. The predicted molar refractivity (Wildman–Crippen MR) is 114 cm³/mol. The molecule has 0 fully saturated rings. The molecule has 144 valence electrons. The van der Waals surface area contributed by atoms with Gasteiger partial charge in [0.15, 0.2) is 0 Å². The second kappa shape index (κ2) is 11.1. The molecule has 2 N–H and O–H groups in total. The van der Waals surface area contributed by atoms with Crippen LogP contribution in [0.25, 0.3) is 5.70 Å². The molecule has 0 saturated carbocycles. The van der Waals surface area contributed by atoms with E-state index in [2.05, 4.69) is 0 Å². The van der Waals surface area contributed by atoms with Crippen LogP contribution >= 0.6 is 27.9 Å². The third-order valence-electron chi connectivity index (χ3n) is 3.46. The van der Waals surface area contributed by atoms with Crippen LogP contribution in [0.2, 0.25) is 0 Å². The SMILES string of the molecule is CCOC(=O)C(C(=O)OCC)=C([NH2+]I(Cl)c1ccccc1)c1ccccc1. The van der Waals surface area contributed by atoms with Crippen molar-refractivity contribution >= 4 is 45.5 Å². The zero-order valence-electron chi connectivity index (χ0n) is 15.2. The van der Waals surface area contributed by atoms with E-state index >= 15 is 0 Å². The minimum absolute atomic E-state index is 0.121. The minimum atomic E-state index is -2.29. The van der Waals surface area contributed by atoms with Gasteiger partial charge in [0.2, 0.25) is 0 Å². The number of quaternary nitrogens is 1. The van der Waals surface area contributed by atoms with Crippen molar-refractivity contribution in [3.63, 3.8) is 0 Å². The standard InChI is InChI=1S/C20H21ClINO4/c1-3-26-19(24)17(20(25)27-4-2)18(15-11-7-5-8-12-15)23-22(21)16-13-9-6-10-14-16/h5-14,23H,3-4H2,1-2H3/p+1. The van der Waals surface area contributed by atoms with Gasteiger partial charge in [-0.1, -0.05) is 0 Å². The van der Waals surface area contributed by atoms with E-state index in [0.717, 1.165) is 3.57 Å². The fourth-order valence-corrected chi connectivity index (χ4v) is 6.15. The third kappa shape index (κ3) is 6.05. The van der Waals surface area contributed by atoms with Crippen LogP contribution in [0, 0.1) is 3.57 Å². The summed E-state index contributed by atoms with van der Waals surface area (Å²) < 4.78 is 13.1. The maximum absolute atomic E-state index is 12.6. The molecule has 0 aliphatic rings. The Hall–Kier alpha value is -1.90.